The van der Waals surface area contributed by atoms with Crippen molar-refractivity contribution in [1.29, 1.82) is 0 Å². The van der Waals surface area contributed by atoms with E-state index in [0.29, 0.717) is 21.6 Å². The molecule has 0 aliphatic carbocycles. The van der Waals surface area contributed by atoms with Crippen LogP contribution >= 0.6 is 22.7 Å². The molecule has 0 saturated carbocycles. The zero-order valence-corrected chi connectivity index (χ0v) is 24.6. The lowest BCUT2D eigenvalue weighted by molar-refractivity contribution is -0.107. The molecule has 2 aromatic heterocycles. The molecule has 4 heterocycles. The molecule has 0 bridgehead atoms. The van der Waals surface area contributed by atoms with E-state index in [2.05, 4.69) is 20.0 Å². The van der Waals surface area contributed by atoms with Crippen LogP contribution < -0.4 is 14.9 Å². The lowest BCUT2D eigenvalue weighted by atomic mass is 10.0. The van der Waals surface area contributed by atoms with E-state index in [9.17, 15) is 21.6 Å². The predicted octanol–water partition coefficient (Wildman–Crippen LogP) is 4.33. The summed E-state index contributed by atoms with van der Waals surface area (Å²) in [5.74, 6) is -0.0170. The highest BCUT2D eigenvalue weighted by Crippen LogP contribution is 2.30. The Hall–Kier alpha value is -3.33. The summed E-state index contributed by atoms with van der Waals surface area (Å²) in [6.45, 7) is 1.62. The summed E-state index contributed by atoms with van der Waals surface area (Å²) in [4.78, 5) is 21.1. The number of sulfone groups is 1. The number of benzene rings is 2. The molecule has 0 spiro atoms. The van der Waals surface area contributed by atoms with Crippen LogP contribution in [0.2, 0.25) is 0 Å². The predicted molar refractivity (Wildman–Crippen MR) is 157 cm³/mol. The van der Waals surface area contributed by atoms with Crippen molar-refractivity contribution in [1.82, 2.24) is 9.97 Å². The van der Waals surface area contributed by atoms with Crippen LogP contribution in [-0.4, -0.2) is 46.3 Å². The number of hydrogen-bond acceptors (Lipinski definition) is 10. The van der Waals surface area contributed by atoms with Gasteiger partial charge in [-0.25, -0.2) is 26.8 Å². The number of nitrogens with zero attached hydrogens (tertiary/aromatic N) is 3. The maximum atomic E-state index is 12.3. The van der Waals surface area contributed by atoms with Crippen molar-refractivity contribution in [3.63, 3.8) is 0 Å². The number of carbonyl (C=O) groups is 1. The lowest BCUT2D eigenvalue weighted by Gasteiger charge is -2.26. The van der Waals surface area contributed by atoms with Gasteiger partial charge in [0, 0.05) is 47.6 Å². The van der Waals surface area contributed by atoms with Crippen LogP contribution in [0.25, 0.3) is 0 Å². The first-order valence-electron chi connectivity index (χ1n) is 12.5. The molecule has 10 nitrogen and oxygen atoms in total. The van der Waals surface area contributed by atoms with Crippen molar-refractivity contribution in [2.45, 2.75) is 41.2 Å². The molecule has 2 aromatic carbocycles. The number of nitrogens with one attached hydrogen (secondary N) is 2. The Morgan fingerprint density at radius 2 is 1.68 bits per heavy atom. The number of aryl methyl sites for hydroxylation is 2. The summed E-state index contributed by atoms with van der Waals surface area (Å²) in [6, 6.07) is 10.2. The van der Waals surface area contributed by atoms with Gasteiger partial charge >= 0.3 is 0 Å². The second-order valence-electron chi connectivity index (χ2n) is 9.17. The quantitative estimate of drug-likeness (QED) is 0.292. The zero-order chi connectivity index (χ0) is 28.2. The molecule has 14 heteroatoms. The maximum absolute atomic E-state index is 12.3. The van der Waals surface area contributed by atoms with E-state index < -0.39 is 19.9 Å². The summed E-state index contributed by atoms with van der Waals surface area (Å²) in [5, 5.41) is 7.75. The van der Waals surface area contributed by atoms with Crippen LogP contribution in [0.1, 0.15) is 29.0 Å². The number of fused-ring (bicyclic) bond motifs is 2. The van der Waals surface area contributed by atoms with E-state index >= 15 is 0 Å². The largest absolute Gasteiger partial charge is 0.385 e. The highest BCUT2D eigenvalue weighted by atomic mass is 32.2. The molecule has 40 heavy (non-hydrogen) atoms. The fourth-order valence-corrected chi connectivity index (χ4v) is 8.68. The summed E-state index contributed by atoms with van der Waals surface area (Å²) in [7, 11) is -6.95. The van der Waals surface area contributed by atoms with E-state index in [4.69, 9.17) is 0 Å². The molecule has 0 saturated heterocycles. The Kier molecular flexibility index (Phi) is 8.49. The minimum absolute atomic E-state index is 0.0170. The first kappa shape index (κ1) is 28.2. The number of hydrogen-bond donors (Lipinski definition) is 2. The minimum Gasteiger partial charge on any atom is -0.385 e. The van der Waals surface area contributed by atoms with E-state index in [1.807, 2.05) is 6.07 Å². The Morgan fingerprint density at radius 3 is 2.42 bits per heavy atom. The van der Waals surface area contributed by atoms with Crippen LogP contribution in [-0.2, 0) is 43.2 Å². The molecule has 2 N–H and O–H groups in total. The van der Waals surface area contributed by atoms with Gasteiger partial charge < -0.3 is 10.2 Å². The Labute approximate surface area is 241 Å². The van der Waals surface area contributed by atoms with Crippen molar-refractivity contribution >= 4 is 65.5 Å². The van der Waals surface area contributed by atoms with Crippen LogP contribution in [0.15, 0.2) is 69.3 Å². The van der Waals surface area contributed by atoms with Gasteiger partial charge in [0.05, 0.1) is 9.79 Å². The van der Waals surface area contributed by atoms with Gasteiger partial charge in [0.25, 0.3) is 10.0 Å². The minimum atomic E-state index is -3.65. The second-order valence-corrected chi connectivity index (χ2v) is 14.7. The van der Waals surface area contributed by atoms with Gasteiger partial charge in [-0.3, -0.25) is 9.52 Å². The van der Waals surface area contributed by atoms with Crippen molar-refractivity contribution in [3.05, 3.63) is 75.7 Å². The van der Waals surface area contributed by atoms with Gasteiger partial charge in [-0.05, 0) is 73.2 Å². The van der Waals surface area contributed by atoms with Gasteiger partial charge in [0.1, 0.15) is 10.8 Å². The average molecular weight is 618 g/mol. The van der Waals surface area contributed by atoms with Gasteiger partial charge in [-0.2, -0.15) is 0 Å². The van der Waals surface area contributed by atoms with Gasteiger partial charge in [-0.15, -0.1) is 22.7 Å². The average Bonchev–Trinajstić information content (AvgIpc) is 3.66. The molecule has 1 amide bonds. The Morgan fingerprint density at radius 1 is 0.925 bits per heavy atom. The molecule has 4 aromatic rings. The standard InChI is InChI=1S/C13H13N3O3S2.C13H14N2O2S2/c17-9-16-6-1-2-10-8-11(3-4-12(10)16)21(18,19)15-13-14-5-7-20-13;16-19(17,9-13-15-6-7-18-13)11-3-4-12-10(8-11)2-1-5-14-12/h3-5,7-9H,1-2,6H2,(H,14,15);3-4,6-8,14H,1-2,5,9H2. The van der Waals surface area contributed by atoms with Crippen LogP contribution in [0.3, 0.4) is 0 Å². The first-order chi connectivity index (χ1) is 19.2. The smallest absolute Gasteiger partial charge is 0.263 e. The number of sulfonamides is 1. The van der Waals surface area contributed by atoms with Crippen molar-refractivity contribution < 1.29 is 21.6 Å². The number of rotatable bonds is 7. The summed E-state index contributed by atoms with van der Waals surface area (Å²) < 4.78 is 51.7. The van der Waals surface area contributed by atoms with Crippen molar-refractivity contribution in [2.75, 3.05) is 28.0 Å². The van der Waals surface area contributed by atoms with Gasteiger partial charge in [0.15, 0.2) is 15.0 Å². The number of aromatic nitrogens is 2. The molecule has 2 aliphatic rings. The van der Waals surface area contributed by atoms with Crippen LogP contribution in [0, 0.1) is 0 Å². The van der Waals surface area contributed by atoms with Crippen molar-refractivity contribution in [2.24, 2.45) is 0 Å². The topological polar surface area (TPSA) is 138 Å². The Bertz CT molecular complexity index is 1690. The number of amides is 1. The molecular weight excluding hydrogens is 591 g/mol. The summed E-state index contributed by atoms with van der Waals surface area (Å²) >= 11 is 2.59. The number of carbonyl (C=O) groups excluding carboxylic acids is 1. The third kappa shape index (κ3) is 6.52. The molecule has 0 atom stereocenters. The molecule has 2 aliphatic heterocycles. The molecule has 6 rings (SSSR count). The summed E-state index contributed by atoms with van der Waals surface area (Å²) in [6.07, 6.45) is 7.52. The van der Waals surface area contributed by atoms with Gasteiger partial charge in [-0.1, -0.05) is 0 Å². The lowest BCUT2D eigenvalue weighted by Crippen LogP contribution is -2.28. The highest BCUT2D eigenvalue weighted by molar-refractivity contribution is 7.93. The van der Waals surface area contributed by atoms with E-state index in [0.717, 1.165) is 61.1 Å². The fraction of sp³-hybridized carbons (Fsp3) is 0.269. The molecular formula is C26H27N5O5S4. The highest BCUT2D eigenvalue weighted by Gasteiger charge is 2.22. The number of thiazole rings is 2. The first-order valence-corrected chi connectivity index (χ1v) is 17.4. The number of anilines is 3. The SMILES string of the molecule is O=CN1CCCc2cc(S(=O)(=O)Nc3nccs3)ccc21.O=S(=O)(Cc1nccs1)c1ccc2c(c1)CCCN2. The molecule has 210 valence electrons. The third-order valence-corrected chi connectivity index (χ3v) is 11.2. The van der Waals surface area contributed by atoms with E-state index in [1.54, 1.807) is 46.1 Å². The Balaban J connectivity index is 0.000000162. The normalized spacial score (nSPS) is 14.7. The maximum Gasteiger partial charge on any atom is 0.263 e. The summed E-state index contributed by atoms with van der Waals surface area (Å²) in [5.41, 5.74) is 3.80. The fourth-order valence-electron chi connectivity index (χ4n) is 4.54. The van der Waals surface area contributed by atoms with E-state index in [1.165, 1.54) is 34.9 Å². The third-order valence-electron chi connectivity index (χ3n) is 6.47. The second kappa shape index (κ2) is 12.0. The van der Waals surface area contributed by atoms with Crippen LogP contribution in [0.4, 0.5) is 16.5 Å². The van der Waals surface area contributed by atoms with Crippen molar-refractivity contribution in [3.8, 4) is 0 Å². The molecule has 0 unspecified atom stereocenters. The van der Waals surface area contributed by atoms with Gasteiger partial charge in [0.2, 0.25) is 6.41 Å². The van der Waals surface area contributed by atoms with Crippen LogP contribution in [0.5, 0.6) is 0 Å². The zero-order valence-electron chi connectivity index (χ0n) is 21.3. The monoisotopic (exact) mass is 617 g/mol. The molecule has 0 radical (unpaired) electrons. The van der Waals surface area contributed by atoms with E-state index in [-0.39, 0.29) is 10.6 Å². The molecule has 0 fully saturated rings.